The smallest absolute Gasteiger partial charge is 0.239 e. The Bertz CT molecular complexity index is 219. The van der Waals surface area contributed by atoms with E-state index in [1.165, 1.54) is 12.8 Å². The summed E-state index contributed by atoms with van der Waals surface area (Å²) in [6.07, 6.45) is 4.76. The zero-order valence-electron chi connectivity index (χ0n) is 9.12. The molecule has 14 heavy (non-hydrogen) atoms. The number of rotatable bonds is 3. The lowest BCUT2D eigenvalue weighted by Gasteiger charge is -2.27. The van der Waals surface area contributed by atoms with Crippen LogP contribution in [0.4, 0.5) is 0 Å². The van der Waals surface area contributed by atoms with Crippen LogP contribution in [0.1, 0.15) is 32.6 Å². The Balaban J connectivity index is 1.88. The van der Waals surface area contributed by atoms with Gasteiger partial charge in [-0.15, -0.1) is 0 Å². The number of hydrogen-bond donors (Lipinski definition) is 1. The van der Waals surface area contributed by atoms with Crippen LogP contribution in [0.5, 0.6) is 0 Å². The van der Waals surface area contributed by atoms with Gasteiger partial charge in [-0.05, 0) is 45.1 Å². The highest BCUT2D eigenvalue weighted by Crippen LogP contribution is 2.34. The van der Waals surface area contributed by atoms with Crippen molar-refractivity contribution in [3.05, 3.63) is 0 Å². The standard InChI is InChI=1S/C11H20N2O/c1-8(9-5-6-9)13(2)11(14)10-4-3-7-12-10/h8-10,12H,3-7H2,1-2H3/t8?,10-/m0/s1. The molecule has 1 saturated carbocycles. The molecule has 1 amide bonds. The molecule has 2 fully saturated rings. The van der Waals surface area contributed by atoms with Crippen LogP contribution in [0.25, 0.3) is 0 Å². The van der Waals surface area contributed by atoms with Gasteiger partial charge in [-0.25, -0.2) is 0 Å². The van der Waals surface area contributed by atoms with Gasteiger partial charge in [0.25, 0.3) is 0 Å². The lowest BCUT2D eigenvalue weighted by molar-refractivity contribution is -0.133. The summed E-state index contributed by atoms with van der Waals surface area (Å²) >= 11 is 0. The van der Waals surface area contributed by atoms with Crippen molar-refractivity contribution in [1.82, 2.24) is 10.2 Å². The van der Waals surface area contributed by atoms with E-state index in [0.717, 1.165) is 25.3 Å². The van der Waals surface area contributed by atoms with Gasteiger partial charge < -0.3 is 10.2 Å². The Morgan fingerprint density at radius 1 is 1.43 bits per heavy atom. The number of amides is 1. The third-order valence-corrected chi connectivity index (χ3v) is 3.62. The molecule has 0 aromatic rings. The van der Waals surface area contributed by atoms with Gasteiger partial charge in [0, 0.05) is 13.1 Å². The highest BCUT2D eigenvalue weighted by Gasteiger charge is 2.35. The molecule has 1 aliphatic heterocycles. The highest BCUT2D eigenvalue weighted by molar-refractivity contribution is 5.82. The van der Waals surface area contributed by atoms with Gasteiger partial charge in [0.1, 0.15) is 0 Å². The van der Waals surface area contributed by atoms with Crippen molar-refractivity contribution in [2.24, 2.45) is 5.92 Å². The molecule has 3 heteroatoms. The number of nitrogens with zero attached hydrogens (tertiary/aromatic N) is 1. The Morgan fingerprint density at radius 3 is 2.64 bits per heavy atom. The summed E-state index contributed by atoms with van der Waals surface area (Å²) in [7, 11) is 1.95. The van der Waals surface area contributed by atoms with Crippen LogP contribution in [0.2, 0.25) is 0 Å². The minimum atomic E-state index is 0.0983. The molecule has 1 saturated heterocycles. The van der Waals surface area contributed by atoms with Crippen LogP contribution in [0, 0.1) is 5.92 Å². The molecule has 80 valence electrons. The fraction of sp³-hybridized carbons (Fsp3) is 0.909. The number of carbonyl (C=O) groups is 1. The Labute approximate surface area is 85.8 Å². The minimum Gasteiger partial charge on any atom is -0.341 e. The van der Waals surface area contributed by atoms with Gasteiger partial charge in [-0.3, -0.25) is 4.79 Å². The first-order chi connectivity index (χ1) is 6.70. The zero-order chi connectivity index (χ0) is 10.1. The van der Waals surface area contributed by atoms with Crippen LogP contribution < -0.4 is 5.32 Å². The predicted octanol–water partition coefficient (Wildman–Crippen LogP) is 0.995. The summed E-state index contributed by atoms with van der Waals surface area (Å²) in [6, 6.07) is 0.533. The van der Waals surface area contributed by atoms with E-state index < -0.39 is 0 Å². The van der Waals surface area contributed by atoms with Crippen LogP contribution in [0.3, 0.4) is 0 Å². The average molecular weight is 196 g/mol. The second-order valence-corrected chi connectivity index (χ2v) is 4.68. The Kier molecular flexibility index (Phi) is 2.77. The van der Waals surface area contributed by atoms with Gasteiger partial charge in [0.05, 0.1) is 6.04 Å². The number of hydrogen-bond acceptors (Lipinski definition) is 2. The molecule has 0 spiro atoms. The van der Waals surface area contributed by atoms with Crippen LogP contribution >= 0.6 is 0 Å². The second-order valence-electron chi connectivity index (χ2n) is 4.68. The summed E-state index contributed by atoms with van der Waals surface area (Å²) in [5.74, 6) is 1.06. The molecule has 2 rings (SSSR count). The van der Waals surface area contributed by atoms with Gasteiger partial charge in [-0.1, -0.05) is 0 Å². The molecule has 0 aromatic heterocycles. The van der Waals surface area contributed by atoms with Gasteiger partial charge in [-0.2, -0.15) is 0 Å². The summed E-state index contributed by atoms with van der Waals surface area (Å²) < 4.78 is 0. The Hall–Kier alpha value is -0.570. The first-order valence-corrected chi connectivity index (χ1v) is 5.70. The molecule has 0 radical (unpaired) electrons. The first-order valence-electron chi connectivity index (χ1n) is 5.70. The number of carbonyl (C=O) groups excluding carboxylic acids is 1. The maximum atomic E-state index is 12.0. The second kappa shape index (κ2) is 3.89. The van der Waals surface area contributed by atoms with Crippen LogP contribution in [0.15, 0.2) is 0 Å². The van der Waals surface area contributed by atoms with Gasteiger partial charge in [0.2, 0.25) is 5.91 Å². The summed E-state index contributed by atoms with van der Waals surface area (Å²) in [6.45, 7) is 3.17. The Morgan fingerprint density at radius 2 is 2.14 bits per heavy atom. The van der Waals surface area contributed by atoms with E-state index >= 15 is 0 Å². The van der Waals surface area contributed by atoms with E-state index in [9.17, 15) is 4.79 Å². The molecule has 2 aliphatic rings. The summed E-state index contributed by atoms with van der Waals surface area (Å²) in [4.78, 5) is 13.9. The lowest BCUT2D eigenvalue weighted by Crippen LogP contribution is -2.46. The largest absolute Gasteiger partial charge is 0.341 e. The quantitative estimate of drug-likeness (QED) is 0.730. The fourth-order valence-electron chi connectivity index (χ4n) is 2.24. The molecule has 2 atom stereocenters. The highest BCUT2D eigenvalue weighted by atomic mass is 16.2. The topological polar surface area (TPSA) is 32.3 Å². The summed E-state index contributed by atoms with van der Waals surface area (Å²) in [5, 5.41) is 3.26. The molecule has 3 nitrogen and oxygen atoms in total. The third kappa shape index (κ3) is 1.92. The van der Waals surface area contributed by atoms with Crippen LogP contribution in [-0.4, -0.2) is 36.5 Å². The third-order valence-electron chi connectivity index (χ3n) is 3.62. The molecular formula is C11H20N2O. The lowest BCUT2D eigenvalue weighted by atomic mass is 10.1. The van der Waals surface area contributed by atoms with E-state index in [0.29, 0.717) is 11.9 Å². The monoisotopic (exact) mass is 196 g/mol. The van der Waals surface area contributed by atoms with E-state index in [4.69, 9.17) is 0 Å². The van der Waals surface area contributed by atoms with Crippen molar-refractivity contribution < 1.29 is 4.79 Å². The van der Waals surface area contributed by atoms with Crippen molar-refractivity contribution >= 4 is 5.91 Å². The van der Waals surface area contributed by atoms with E-state index in [1.807, 2.05) is 11.9 Å². The normalized spacial score (nSPS) is 28.9. The molecular weight excluding hydrogens is 176 g/mol. The minimum absolute atomic E-state index is 0.0983. The molecule has 0 bridgehead atoms. The average Bonchev–Trinajstić information content (AvgIpc) is 2.90. The van der Waals surface area contributed by atoms with Crippen molar-refractivity contribution in [2.45, 2.75) is 44.7 Å². The van der Waals surface area contributed by atoms with Crippen molar-refractivity contribution in [3.8, 4) is 0 Å². The molecule has 1 aliphatic carbocycles. The zero-order valence-corrected chi connectivity index (χ0v) is 9.12. The molecule has 1 N–H and O–H groups in total. The van der Waals surface area contributed by atoms with E-state index in [1.54, 1.807) is 0 Å². The number of nitrogens with one attached hydrogen (secondary N) is 1. The van der Waals surface area contributed by atoms with Gasteiger partial charge in [0.15, 0.2) is 0 Å². The van der Waals surface area contributed by atoms with Gasteiger partial charge >= 0.3 is 0 Å². The maximum absolute atomic E-state index is 12.0. The SMILES string of the molecule is CC(C1CC1)N(C)C(=O)[C@@H]1CCCN1. The van der Waals surface area contributed by atoms with E-state index in [-0.39, 0.29) is 6.04 Å². The molecule has 0 aromatic carbocycles. The summed E-state index contributed by atoms with van der Waals surface area (Å²) in [5.41, 5.74) is 0. The maximum Gasteiger partial charge on any atom is 0.239 e. The van der Waals surface area contributed by atoms with Crippen LogP contribution in [-0.2, 0) is 4.79 Å². The van der Waals surface area contributed by atoms with Crippen molar-refractivity contribution in [3.63, 3.8) is 0 Å². The molecule has 1 unspecified atom stereocenters. The van der Waals surface area contributed by atoms with Crippen molar-refractivity contribution in [1.29, 1.82) is 0 Å². The fourth-order valence-corrected chi connectivity index (χ4v) is 2.24. The van der Waals surface area contributed by atoms with E-state index in [2.05, 4.69) is 12.2 Å². The van der Waals surface area contributed by atoms with Crippen molar-refractivity contribution in [2.75, 3.05) is 13.6 Å². The molecule has 1 heterocycles. The first kappa shape index (κ1) is 9.97. The number of likely N-dealkylation sites (N-methyl/N-ethyl adjacent to an activating group) is 1. The predicted molar refractivity (Wildman–Crippen MR) is 56.0 cm³/mol.